The van der Waals surface area contributed by atoms with Crippen LogP contribution in [0.4, 0.5) is 0 Å². The standard InChI is InChI=1S/C12H15NO3/c14-10-5-4-8(7-11(10)15)12(16)9-3-1-2-6-13-9/h4-5,7,9,13-15H,1-3,6H2. The fraction of sp³-hybridized carbons (Fsp3) is 0.417. The summed E-state index contributed by atoms with van der Waals surface area (Å²) < 4.78 is 0. The van der Waals surface area contributed by atoms with Crippen molar-refractivity contribution in [3.05, 3.63) is 23.8 Å². The Balaban J connectivity index is 2.16. The van der Waals surface area contributed by atoms with E-state index >= 15 is 0 Å². The number of benzene rings is 1. The van der Waals surface area contributed by atoms with Gasteiger partial charge >= 0.3 is 0 Å². The van der Waals surface area contributed by atoms with Gasteiger partial charge in [-0.15, -0.1) is 0 Å². The van der Waals surface area contributed by atoms with E-state index in [1.54, 1.807) is 0 Å². The largest absolute Gasteiger partial charge is 0.504 e. The summed E-state index contributed by atoms with van der Waals surface area (Å²) in [7, 11) is 0. The zero-order chi connectivity index (χ0) is 11.5. The van der Waals surface area contributed by atoms with Gasteiger partial charge in [-0.25, -0.2) is 0 Å². The molecule has 1 fully saturated rings. The zero-order valence-corrected chi connectivity index (χ0v) is 8.94. The molecule has 0 spiro atoms. The number of piperidine rings is 1. The number of ketones is 1. The molecule has 16 heavy (non-hydrogen) atoms. The van der Waals surface area contributed by atoms with E-state index in [1.165, 1.54) is 18.2 Å². The summed E-state index contributed by atoms with van der Waals surface area (Å²) in [6.07, 6.45) is 2.98. The molecule has 4 heteroatoms. The van der Waals surface area contributed by atoms with E-state index in [1.807, 2.05) is 0 Å². The molecule has 0 radical (unpaired) electrons. The number of hydrogen-bond acceptors (Lipinski definition) is 4. The van der Waals surface area contributed by atoms with Gasteiger partial charge in [0.2, 0.25) is 0 Å². The molecule has 1 unspecified atom stereocenters. The molecule has 0 amide bonds. The number of rotatable bonds is 2. The van der Waals surface area contributed by atoms with Crippen molar-refractivity contribution in [3.8, 4) is 11.5 Å². The lowest BCUT2D eigenvalue weighted by molar-refractivity contribution is 0.0927. The lowest BCUT2D eigenvalue weighted by Gasteiger charge is -2.22. The van der Waals surface area contributed by atoms with E-state index in [4.69, 9.17) is 5.11 Å². The normalized spacial score (nSPS) is 20.6. The number of hydrogen-bond donors (Lipinski definition) is 3. The lowest BCUT2D eigenvalue weighted by atomic mass is 9.96. The van der Waals surface area contributed by atoms with E-state index in [0.717, 1.165) is 25.8 Å². The molecule has 86 valence electrons. The van der Waals surface area contributed by atoms with Crippen LogP contribution >= 0.6 is 0 Å². The first-order valence-corrected chi connectivity index (χ1v) is 5.48. The molecular formula is C12H15NO3. The molecule has 1 heterocycles. The maximum atomic E-state index is 12.0. The van der Waals surface area contributed by atoms with Crippen molar-refractivity contribution in [1.29, 1.82) is 0 Å². The van der Waals surface area contributed by atoms with E-state index in [9.17, 15) is 9.90 Å². The van der Waals surface area contributed by atoms with Gasteiger partial charge in [0.1, 0.15) is 0 Å². The minimum atomic E-state index is -0.248. The Morgan fingerprint density at radius 3 is 2.69 bits per heavy atom. The van der Waals surface area contributed by atoms with Gasteiger partial charge < -0.3 is 15.5 Å². The summed E-state index contributed by atoms with van der Waals surface area (Å²) in [6, 6.07) is 4.03. The molecule has 2 rings (SSSR count). The van der Waals surface area contributed by atoms with Crippen LogP contribution in [-0.4, -0.2) is 28.6 Å². The highest BCUT2D eigenvalue weighted by atomic mass is 16.3. The smallest absolute Gasteiger partial charge is 0.179 e. The molecular weight excluding hydrogens is 206 g/mol. The third kappa shape index (κ3) is 2.17. The zero-order valence-electron chi connectivity index (χ0n) is 8.94. The van der Waals surface area contributed by atoms with Gasteiger partial charge in [0, 0.05) is 5.56 Å². The molecule has 1 aromatic carbocycles. The highest BCUT2D eigenvalue weighted by molar-refractivity contribution is 6.00. The number of carbonyl (C=O) groups excluding carboxylic acids is 1. The van der Waals surface area contributed by atoms with Crippen molar-refractivity contribution in [2.75, 3.05) is 6.54 Å². The molecule has 0 aliphatic carbocycles. The predicted molar refractivity (Wildman–Crippen MR) is 59.7 cm³/mol. The van der Waals surface area contributed by atoms with Crippen LogP contribution in [-0.2, 0) is 0 Å². The third-order valence-electron chi connectivity index (χ3n) is 2.89. The number of nitrogens with one attached hydrogen (secondary N) is 1. The minimum Gasteiger partial charge on any atom is -0.504 e. The summed E-state index contributed by atoms with van der Waals surface area (Å²) in [5.41, 5.74) is 0.440. The molecule has 0 saturated carbocycles. The Morgan fingerprint density at radius 1 is 1.25 bits per heavy atom. The van der Waals surface area contributed by atoms with E-state index < -0.39 is 0 Å². The van der Waals surface area contributed by atoms with Crippen LogP contribution in [0.25, 0.3) is 0 Å². The molecule has 4 nitrogen and oxygen atoms in total. The Bertz CT molecular complexity index is 397. The van der Waals surface area contributed by atoms with E-state index in [0.29, 0.717) is 5.56 Å². The van der Waals surface area contributed by atoms with Crippen molar-refractivity contribution < 1.29 is 15.0 Å². The number of phenols is 2. The number of carbonyl (C=O) groups is 1. The Morgan fingerprint density at radius 2 is 2.06 bits per heavy atom. The highest BCUT2D eigenvalue weighted by Crippen LogP contribution is 2.26. The molecule has 1 aromatic rings. The Kier molecular flexibility index (Phi) is 3.10. The fourth-order valence-electron chi connectivity index (χ4n) is 1.95. The fourth-order valence-corrected chi connectivity index (χ4v) is 1.95. The predicted octanol–water partition coefficient (Wildman–Crippen LogP) is 1.42. The molecule has 1 atom stereocenters. The summed E-state index contributed by atoms with van der Waals surface area (Å²) >= 11 is 0. The average Bonchev–Trinajstić information content (AvgIpc) is 2.33. The van der Waals surface area contributed by atoms with Crippen molar-refractivity contribution in [2.24, 2.45) is 0 Å². The van der Waals surface area contributed by atoms with Gasteiger partial charge in [-0.3, -0.25) is 4.79 Å². The van der Waals surface area contributed by atoms with E-state index in [2.05, 4.69) is 5.32 Å². The molecule has 0 bridgehead atoms. The van der Waals surface area contributed by atoms with Gasteiger partial charge in [-0.2, -0.15) is 0 Å². The molecule has 3 N–H and O–H groups in total. The second kappa shape index (κ2) is 4.53. The van der Waals surface area contributed by atoms with Crippen LogP contribution < -0.4 is 5.32 Å². The summed E-state index contributed by atoms with van der Waals surface area (Å²) in [4.78, 5) is 12.0. The SMILES string of the molecule is O=C(c1ccc(O)c(O)c1)C1CCCCN1. The average molecular weight is 221 g/mol. The topological polar surface area (TPSA) is 69.6 Å². The van der Waals surface area contributed by atoms with Crippen molar-refractivity contribution in [2.45, 2.75) is 25.3 Å². The minimum absolute atomic E-state index is 0.0185. The van der Waals surface area contributed by atoms with Crippen LogP contribution in [0.15, 0.2) is 18.2 Å². The monoisotopic (exact) mass is 221 g/mol. The lowest BCUT2D eigenvalue weighted by Crippen LogP contribution is -2.40. The summed E-state index contributed by atoms with van der Waals surface area (Å²) in [5.74, 6) is -0.468. The van der Waals surface area contributed by atoms with Crippen LogP contribution in [0.1, 0.15) is 29.6 Å². The number of phenolic OH excluding ortho intramolecular Hbond substituents is 2. The number of aromatic hydroxyl groups is 2. The van der Waals surface area contributed by atoms with Crippen LogP contribution in [0.3, 0.4) is 0 Å². The third-order valence-corrected chi connectivity index (χ3v) is 2.89. The van der Waals surface area contributed by atoms with Gasteiger partial charge in [-0.05, 0) is 37.6 Å². The molecule has 0 aromatic heterocycles. The number of Topliss-reactive ketones (excluding diaryl/α,β-unsaturated/α-hetero) is 1. The summed E-state index contributed by atoms with van der Waals surface area (Å²) in [6.45, 7) is 0.862. The maximum absolute atomic E-state index is 12.0. The maximum Gasteiger partial charge on any atom is 0.179 e. The molecule has 1 saturated heterocycles. The second-order valence-corrected chi connectivity index (χ2v) is 4.07. The van der Waals surface area contributed by atoms with Gasteiger partial charge in [0.15, 0.2) is 17.3 Å². The van der Waals surface area contributed by atoms with Gasteiger partial charge in [0.05, 0.1) is 6.04 Å². The van der Waals surface area contributed by atoms with E-state index in [-0.39, 0.29) is 23.3 Å². The van der Waals surface area contributed by atoms with Gasteiger partial charge in [-0.1, -0.05) is 6.42 Å². The van der Waals surface area contributed by atoms with Crippen molar-refractivity contribution in [1.82, 2.24) is 5.32 Å². The van der Waals surface area contributed by atoms with Crippen LogP contribution in [0.2, 0.25) is 0 Å². The first-order valence-electron chi connectivity index (χ1n) is 5.48. The first-order chi connectivity index (χ1) is 7.68. The molecule has 1 aliphatic rings. The Labute approximate surface area is 93.9 Å². The Hall–Kier alpha value is -1.55. The van der Waals surface area contributed by atoms with Crippen molar-refractivity contribution in [3.63, 3.8) is 0 Å². The highest BCUT2D eigenvalue weighted by Gasteiger charge is 2.22. The first kappa shape index (κ1) is 11.0. The quantitative estimate of drug-likeness (QED) is 0.522. The molecule has 1 aliphatic heterocycles. The van der Waals surface area contributed by atoms with Crippen LogP contribution in [0, 0.1) is 0 Å². The van der Waals surface area contributed by atoms with Crippen LogP contribution in [0.5, 0.6) is 11.5 Å². The second-order valence-electron chi connectivity index (χ2n) is 4.07. The van der Waals surface area contributed by atoms with Gasteiger partial charge in [0.25, 0.3) is 0 Å². The summed E-state index contributed by atoms with van der Waals surface area (Å²) in [5, 5.41) is 21.6. The van der Waals surface area contributed by atoms with Crippen molar-refractivity contribution >= 4 is 5.78 Å².